The van der Waals surface area contributed by atoms with Gasteiger partial charge in [-0.2, -0.15) is 31.6 Å². The minimum Gasteiger partial charge on any atom is -0.261 e. The molecular formula is C47H59F7N6. The normalized spacial score (nSPS) is 11.5. The zero-order valence-corrected chi connectivity index (χ0v) is 37.1. The van der Waals surface area contributed by atoms with Crippen molar-refractivity contribution in [2.75, 3.05) is 0 Å². The van der Waals surface area contributed by atoms with Crippen LogP contribution in [0.25, 0.3) is 0 Å². The molecule has 0 aliphatic heterocycles. The van der Waals surface area contributed by atoms with Gasteiger partial charge in [0.2, 0.25) is 0 Å². The van der Waals surface area contributed by atoms with Crippen LogP contribution in [-0.2, 0) is 23.2 Å². The van der Waals surface area contributed by atoms with E-state index in [4.69, 9.17) is 5.26 Å². The molecule has 0 atom stereocenters. The van der Waals surface area contributed by atoms with Gasteiger partial charge in [0.05, 0.1) is 17.3 Å². The predicted octanol–water partition coefficient (Wildman–Crippen LogP) is 14.0. The number of pyridine rings is 5. The van der Waals surface area contributed by atoms with E-state index >= 15 is 0 Å². The molecule has 13 heteroatoms. The topological polar surface area (TPSA) is 88.2 Å². The fourth-order valence-electron chi connectivity index (χ4n) is 4.63. The highest BCUT2D eigenvalue weighted by atomic mass is 19.4. The van der Waals surface area contributed by atoms with Crippen LogP contribution in [0.3, 0.4) is 0 Å². The van der Waals surface area contributed by atoms with Crippen LogP contribution in [-0.4, -0.2) is 24.9 Å². The SMILES string of the molecule is CC(C)(C)c1ccc(F)cn1.CC(C)c1cc(C(F)(F)F)ccn1.CC(C)c1ccc(C(F)(F)F)nc1.Cc1cc(C(C)(C)C)ncc1C#N.Cc1ccnc(C(C)C)c1. The van der Waals surface area contributed by atoms with E-state index in [9.17, 15) is 30.7 Å². The average Bonchev–Trinajstić information content (AvgIpc) is 3.14. The zero-order chi connectivity index (χ0) is 46.2. The predicted molar refractivity (Wildman–Crippen MR) is 225 cm³/mol. The van der Waals surface area contributed by atoms with Crippen LogP contribution < -0.4 is 0 Å². The largest absolute Gasteiger partial charge is 0.433 e. The third kappa shape index (κ3) is 19.2. The van der Waals surface area contributed by atoms with Gasteiger partial charge < -0.3 is 0 Å². The lowest BCUT2D eigenvalue weighted by Crippen LogP contribution is -2.13. The van der Waals surface area contributed by atoms with Crippen LogP contribution in [0.15, 0.2) is 85.6 Å². The number of hydrogen-bond donors (Lipinski definition) is 0. The molecule has 326 valence electrons. The maximum absolute atomic E-state index is 12.4. The minimum absolute atomic E-state index is 0.00764. The molecule has 5 aromatic rings. The number of alkyl halides is 6. The van der Waals surface area contributed by atoms with Gasteiger partial charge in [-0.1, -0.05) is 89.2 Å². The summed E-state index contributed by atoms with van der Waals surface area (Å²) in [5.74, 6) is 0.481. The summed E-state index contributed by atoms with van der Waals surface area (Å²) < 4.78 is 85.2. The molecule has 5 aromatic heterocycles. The van der Waals surface area contributed by atoms with E-state index in [-0.39, 0.29) is 28.5 Å². The molecule has 5 heterocycles. The molecule has 0 bridgehead atoms. The molecule has 0 aliphatic carbocycles. The quantitative estimate of drug-likeness (QED) is 0.168. The first-order chi connectivity index (χ1) is 27.5. The Labute approximate surface area is 351 Å². The van der Waals surface area contributed by atoms with Crippen molar-refractivity contribution in [3.63, 3.8) is 0 Å². The van der Waals surface area contributed by atoms with E-state index in [1.807, 2.05) is 73.7 Å². The summed E-state index contributed by atoms with van der Waals surface area (Å²) in [5, 5.41) is 8.72. The molecule has 60 heavy (non-hydrogen) atoms. The van der Waals surface area contributed by atoms with Crippen molar-refractivity contribution in [3.05, 3.63) is 148 Å². The van der Waals surface area contributed by atoms with Crippen LogP contribution in [0.1, 0.15) is 157 Å². The van der Waals surface area contributed by atoms with Crippen molar-refractivity contribution in [3.8, 4) is 6.07 Å². The van der Waals surface area contributed by atoms with Gasteiger partial charge in [0.15, 0.2) is 0 Å². The molecule has 0 aliphatic rings. The third-order valence-electron chi connectivity index (χ3n) is 8.47. The summed E-state index contributed by atoms with van der Waals surface area (Å²) in [6, 6.07) is 15.9. The van der Waals surface area contributed by atoms with Gasteiger partial charge in [0, 0.05) is 58.4 Å². The Balaban J connectivity index is 0.000000376. The first-order valence-electron chi connectivity index (χ1n) is 19.4. The maximum Gasteiger partial charge on any atom is 0.433 e. The summed E-state index contributed by atoms with van der Waals surface area (Å²) in [6.45, 7) is 28.3. The lowest BCUT2D eigenvalue weighted by Gasteiger charge is -2.17. The summed E-state index contributed by atoms with van der Waals surface area (Å²) in [5.41, 5.74) is 5.95. The van der Waals surface area contributed by atoms with E-state index in [1.54, 1.807) is 12.3 Å². The molecular weight excluding hydrogens is 782 g/mol. The average molecular weight is 841 g/mol. The van der Waals surface area contributed by atoms with Gasteiger partial charge in [-0.3, -0.25) is 24.9 Å². The first kappa shape index (κ1) is 52.8. The molecule has 0 fully saturated rings. The number of nitriles is 1. The number of halogens is 7. The van der Waals surface area contributed by atoms with Gasteiger partial charge in [-0.25, -0.2) is 4.39 Å². The van der Waals surface area contributed by atoms with E-state index in [0.717, 1.165) is 40.7 Å². The smallest absolute Gasteiger partial charge is 0.261 e. The highest BCUT2D eigenvalue weighted by Crippen LogP contribution is 2.30. The molecule has 0 N–H and O–H groups in total. The zero-order valence-electron chi connectivity index (χ0n) is 37.1. The molecule has 0 saturated heterocycles. The maximum atomic E-state index is 12.4. The van der Waals surface area contributed by atoms with Crippen molar-refractivity contribution in [2.24, 2.45) is 0 Å². The van der Waals surface area contributed by atoms with Crippen molar-refractivity contribution >= 4 is 0 Å². The molecule has 0 saturated carbocycles. The third-order valence-corrected chi connectivity index (χ3v) is 8.47. The number of hydrogen-bond acceptors (Lipinski definition) is 6. The number of aryl methyl sites for hydroxylation is 2. The second-order valence-electron chi connectivity index (χ2n) is 17.0. The molecule has 5 rings (SSSR count). The second-order valence-corrected chi connectivity index (χ2v) is 17.0. The van der Waals surface area contributed by atoms with Crippen LogP contribution >= 0.6 is 0 Å². The monoisotopic (exact) mass is 840 g/mol. The van der Waals surface area contributed by atoms with Gasteiger partial charge in [0.25, 0.3) is 0 Å². The Morgan fingerprint density at radius 1 is 0.533 bits per heavy atom. The molecule has 0 amide bonds. The Morgan fingerprint density at radius 3 is 1.40 bits per heavy atom. The summed E-state index contributed by atoms with van der Waals surface area (Å²) in [6.07, 6.45) is -1.38. The minimum atomic E-state index is -4.34. The van der Waals surface area contributed by atoms with Crippen molar-refractivity contribution < 1.29 is 30.7 Å². The standard InChI is InChI=1S/C11H14N2.2C9H10F3N.C9H12FN.C9H13N/c1-8-5-10(11(2,3)4)13-7-9(8)6-12;1-6(2)8-5-7(3-4-13-8)9(10,11)12;1-6(2)7-3-4-8(13-5-7)9(10,11)12;1-9(2,3)8-5-4-7(10)6-11-8;1-7(2)9-6-8(3)4-5-10-9/h5,7H,1-4H3;2*3-6H,1-2H3;4-6H,1-3H3;4-7H,1-3H3. The summed E-state index contributed by atoms with van der Waals surface area (Å²) in [7, 11) is 0. The molecule has 0 radical (unpaired) electrons. The van der Waals surface area contributed by atoms with E-state index in [0.29, 0.717) is 17.2 Å². The highest BCUT2D eigenvalue weighted by Gasteiger charge is 2.32. The Bertz CT molecular complexity index is 2070. The molecule has 0 aromatic carbocycles. The van der Waals surface area contributed by atoms with Crippen LogP contribution in [0.2, 0.25) is 0 Å². The molecule has 0 spiro atoms. The number of rotatable bonds is 3. The lowest BCUT2D eigenvalue weighted by atomic mass is 9.90. The van der Waals surface area contributed by atoms with Crippen LogP contribution in [0.5, 0.6) is 0 Å². The van der Waals surface area contributed by atoms with Crippen LogP contribution in [0, 0.1) is 31.0 Å². The molecule has 6 nitrogen and oxygen atoms in total. The summed E-state index contributed by atoms with van der Waals surface area (Å²) >= 11 is 0. The lowest BCUT2D eigenvalue weighted by molar-refractivity contribution is -0.141. The second kappa shape index (κ2) is 22.9. The first-order valence-corrected chi connectivity index (χ1v) is 19.4. The Morgan fingerprint density at radius 2 is 1.03 bits per heavy atom. The van der Waals surface area contributed by atoms with Crippen molar-refractivity contribution in [1.29, 1.82) is 5.26 Å². The van der Waals surface area contributed by atoms with Crippen molar-refractivity contribution in [1.82, 2.24) is 24.9 Å². The number of aromatic nitrogens is 5. The van der Waals surface area contributed by atoms with E-state index in [2.05, 4.69) is 78.6 Å². The van der Waals surface area contributed by atoms with Crippen molar-refractivity contribution in [2.45, 2.75) is 138 Å². The van der Waals surface area contributed by atoms with Gasteiger partial charge >= 0.3 is 12.4 Å². The van der Waals surface area contributed by atoms with Gasteiger partial charge in [-0.15, -0.1) is 0 Å². The van der Waals surface area contributed by atoms with E-state index < -0.39 is 23.6 Å². The van der Waals surface area contributed by atoms with Gasteiger partial charge in [0.1, 0.15) is 17.6 Å². The Kier molecular flexibility index (Phi) is 20.2. The van der Waals surface area contributed by atoms with Crippen LogP contribution in [0.4, 0.5) is 30.7 Å². The summed E-state index contributed by atoms with van der Waals surface area (Å²) in [4.78, 5) is 19.7. The number of nitrogens with zero attached hydrogens (tertiary/aromatic N) is 6. The molecule has 0 unspecified atom stereocenters. The Hall–Kier alpha value is -5.25. The fourth-order valence-corrected chi connectivity index (χ4v) is 4.63. The van der Waals surface area contributed by atoms with E-state index in [1.165, 1.54) is 42.0 Å². The highest BCUT2D eigenvalue weighted by molar-refractivity contribution is 5.36. The fraction of sp³-hybridized carbons (Fsp3) is 0.447. The van der Waals surface area contributed by atoms with Gasteiger partial charge in [-0.05, 0) is 96.8 Å².